The van der Waals surface area contributed by atoms with Crippen molar-refractivity contribution in [3.05, 3.63) is 45.4 Å². The molecule has 1 heterocycles. The summed E-state index contributed by atoms with van der Waals surface area (Å²) in [6, 6.07) is 6.52. The van der Waals surface area contributed by atoms with Gasteiger partial charge in [0.05, 0.1) is 12.2 Å². The maximum Gasteiger partial charge on any atom is 0.249 e. The Hall–Kier alpha value is -1.92. The molecule has 0 spiro atoms. The van der Waals surface area contributed by atoms with Gasteiger partial charge < -0.3 is 14.4 Å². The molecule has 1 amide bonds. The van der Waals surface area contributed by atoms with Crippen LogP contribution in [-0.4, -0.2) is 35.5 Å². The molecule has 1 aliphatic carbocycles. The van der Waals surface area contributed by atoms with Crippen LogP contribution in [0.25, 0.3) is 0 Å². The second kappa shape index (κ2) is 7.97. The van der Waals surface area contributed by atoms with Crippen molar-refractivity contribution in [2.24, 2.45) is 0 Å². The van der Waals surface area contributed by atoms with Gasteiger partial charge in [0.2, 0.25) is 5.91 Å². The SMILES string of the molecule is COCC(=O)N(Cc1csc(COc2cc(C)cc(C)c2)n1)C1CC1. The highest BCUT2D eigenvalue weighted by Gasteiger charge is 2.32. The first-order valence-electron chi connectivity index (χ1n) is 8.48. The first-order valence-corrected chi connectivity index (χ1v) is 9.36. The maximum atomic E-state index is 12.2. The van der Waals surface area contributed by atoms with Crippen LogP contribution in [0.4, 0.5) is 0 Å². The number of carbonyl (C=O) groups excluding carboxylic acids is 1. The molecule has 1 aromatic carbocycles. The van der Waals surface area contributed by atoms with E-state index >= 15 is 0 Å². The first-order chi connectivity index (χ1) is 12.0. The molecule has 6 heteroatoms. The van der Waals surface area contributed by atoms with Gasteiger partial charge in [-0.15, -0.1) is 11.3 Å². The lowest BCUT2D eigenvalue weighted by Crippen LogP contribution is -2.35. The fourth-order valence-corrected chi connectivity index (χ4v) is 3.53. The Morgan fingerprint density at radius 3 is 2.64 bits per heavy atom. The normalized spacial score (nSPS) is 13.7. The quantitative estimate of drug-likeness (QED) is 0.723. The first kappa shape index (κ1) is 17.9. The predicted molar refractivity (Wildman–Crippen MR) is 97.8 cm³/mol. The minimum Gasteiger partial charge on any atom is -0.486 e. The highest BCUT2D eigenvalue weighted by atomic mass is 32.1. The van der Waals surface area contributed by atoms with Gasteiger partial charge in [0.25, 0.3) is 0 Å². The molecule has 0 saturated heterocycles. The van der Waals surface area contributed by atoms with Gasteiger partial charge in [-0.25, -0.2) is 4.98 Å². The highest BCUT2D eigenvalue weighted by Crippen LogP contribution is 2.29. The second-order valence-electron chi connectivity index (χ2n) is 6.53. The molecule has 0 unspecified atom stereocenters. The number of benzene rings is 1. The van der Waals surface area contributed by atoms with Gasteiger partial charge in [0, 0.05) is 18.5 Å². The summed E-state index contributed by atoms with van der Waals surface area (Å²) in [7, 11) is 1.55. The van der Waals surface area contributed by atoms with Gasteiger partial charge in [-0.05, 0) is 49.9 Å². The van der Waals surface area contributed by atoms with E-state index in [1.54, 1.807) is 18.4 Å². The van der Waals surface area contributed by atoms with Crippen LogP contribution >= 0.6 is 11.3 Å². The molecule has 2 aromatic rings. The monoisotopic (exact) mass is 360 g/mol. The molecular formula is C19H24N2O3S. The van der Waals surface area contributed by atoms with E-state index in [1.165, 1.54) is 11.1 Å². The summed E-state index contributed by atoms with van der Waals surface area (Å²) in [5, 5.41) is 2.93. The summed E-state index contributed by atoms with van der Waals surface area (Å²) in [5.74, 6) is 0.898. The Morgan fingerprint density at radius 1 is 1.28 bits per heavy atom. The van der Waals surface area contributed by atoms with E-state index in [4.69, 9.17) is 9.47 Å². The van der Waals surface area contributed by atoms with Crippen LogP contribution in [0.15, 0.2) is 23.6 Å². The lowest BCUT2D eigenvalue weighted by molar-refractivity contribution is -0.136. The van der Waals surface area contributed by atoms with Gasteiger partial charge in [-0.2, -0.15) is 0 Å². The molecule has 5 nitrogen and oxygen atoms in total. The topological polar surface area (TPSA) is 51.7 Å². The Kier molecular flexibility index (Phi) is 5.71. The number of thiazole rings is 1. The summed E-state index contributed by atoms with van der Waals surface area (Å²) < 4.78 is 10.8. The number of aromatic nitrogens is 1. The largest absolute Gasteiger partial charge is 0.486 e. The van der Waals surface area contributed by atoms with Crippen LogP contribution < -0.4 is 4.74 Å². The van der Waals surface area contributed by atoms with Crippen molar-refractivity contribution < 1.29 is 14.3 Å². The van der Waals surface area contributed by atoms with E-state index in [9.17, 15) is 4.79 Å². The minimum atomic E-state index is 0.0334. The van der Waals surface area contributed by atoms with Crippen LogP contribution in [0.5, 0.6) is 5.75 Å². The third kappa shape index (κ3) is 5.03. The standard InChI is InChI=1S/C19H24N2O3S/c1-13-6-14(2)8-17(7-13)24-10-18-20-15(12-25-18)9-21(16-4-5-16)19(22)11-23-3/h6-8,12,16H,4-5,9-11H2,1-3H3. The molecule has 25 heavy (non-hydrogen) atoms. The number of rotatable bonds is 8. The number of methoxy groups -OCH3 is 1. The van der Waals surface area contributed by atoms with E-state index < -0.39 is 0 Å². The minimum absolute atomic E-state index is 0.0334. The summed E-state index contributed by atoms with van der Waals surface area (Å²) in [6.45, 7) is 5.24. The molecule has 1 saturated carbocycles. The Labute approximate surface area is 152 Å². The molecule has 0 aliphatic heterocycles. The van der Waals surface area contributed by atoms with Crippen molar-refractivity contribution in [3.63, 3.8) is 0 Å². The lowest BCUT2D eigenvalue weighted by Gasteiger charge is -2.20. The number of hydrogen-bond donors (Lipinski definition) is 0. The lowest BCUT2D eigenvalue weighted by atomic mass is 10.1. The molecule has 0 bridgehead atoms. The van der Waals surface area contributed by atoms with Gasteiger partial charge in [0.15, 0.2) is 0 Å². The van der Waals surface area contributed by atoms with Crippen LogP contribution in [0.1, 0.15) is 34.7 Å². The number of aryl methyl sites for hydroxylation is 2. The van der Waals surface area contributed by atoms with E-state index in [-0.39, 0.29) is 12.5 Å². The second-order valence-corrected chi connectivity index (χ2v) is 7.47. The summed E-state index contributed by atoms with van der Waals surface area (Å²) in [4.78, 5) is 18.7. The Bertz CT molecular complexity index is 720. The zero-order valence-corrected chi connectivity index (χ0v) is 15.8. The van der Waals surface area contributed by atoms with E-state index in [0.717, 1.165) is 29.3 Å². The number of ether oxygens (including phenoxy) is 2. The number of amides is 1. The molecule has 1 aliphatic rings. The maximum absolute atomic E-state index is 12.2. The average molecular weight is 360 g/mol. The third-order valence-corrected chi connectivity index (χ3v) is 4.94. The zero-order valence-electron chi connectivity index (χ0n) is 14.9. The number of carbonyl (C=O) groups is 1. The molecule has 0 atom stereocenters. The van der Waals surface area contributed by atoms with Gasteiger partial charge in [-0.1, -0.05) is 6.07 Å². The number of hydrogen-bond acceptors (Lipinski definition) is 5. The zero-order chi connectivity index (χ0) is 17.8. The molecule has 0 radical (unpaired) electrons. The van der Waals surface area contributed by atoms with Gasteiger partial charge >= 0.3 is 0 Å². The predicted octanol–water partition coefficient (Wildman–Crippen LogP) is 3.48. The van der Waals surface area contributed by atoms with Crippen molar-refractivity contribution in [1.82, 2.24) is 9.88 Å². The van der Waals surface area contributed by atoms with Crippen LogP contribution in [0.2, 0.25) is 0 Å². The fourth-order valence-electron chi connectivity index (χ4n) is 2.84. The van der Waals surface area contributed by atoms with Crippen molar-refractivity contribution in [2.45, 2.75) is 45.9 Å². The van der Waals surface area contributed by atoms with E-state index in [0.29, 0.717) is 19.2 Å². The van der Waals surface area contributed by atoms with E-state index in [2.05, 4.69) is 24.9 Å². The molecule has 0 N–H and O–H groups in total. The molecule has 134 valence electrons. The van der Waals surface area contributed by atoms with E-state index in [1.807, 2.05) is 22.4 Å². The highest BCUT2D eigenvalue weighted by molar-refractivity contribution is 7.09. The van der Waals surface area contributed by atoms with Crippen molar-refractivity contribution in [1.29, 1.82) is 0 Å². The Morgan fingerprint density at radius 2 is 2.00 bits per heavy atom. The molecule has 1 aromatic heterocycles. The Balaban J connectivity index is 1.59. The fraction of sp³-hybridized carbons (Fsp3) is 0.474. The van der Waals surface area contributed by atoms with Gasteiger partial charge in [-0.3, -0.25) is 4.79 Å². The molecule has 1 fully saturated rings. The van der Waals surface area contributed by atoms with Crippen LogP contribution in [0.3, 0.4) is 0 Å². The third-order valence-electron chi connectivity index (χ3n) is 4.06. The smallest absolute Gasteiger partial charge is 0.249 e. The van der Waals surface area contributed by atoms with Crippen molar-refractivity contribution in [3.8, 4) is 5.75 Å². The summed E-state index contributed by atoms with van der Waals surface area (Å²) in [6.07, 6.45) is 2.14. The van der Waals surface area contributed by atoms with Crippen molar-refractivity contribution in [2.75, 3.05) is 13.7 Å². The van der Waals surface area contributed by atoms with Crippen LogP contribution in [-0.2, 0) is 22.7 Å². The molecule has 3 rings (SSSR count). The molecular weight excluding hydrogens is 336 g/mol. The summed E-state index contributed by atoms with van der Waals surface area (Å²) in [5.41, 5.74) is 3.29. The van der Waals surface area contributed by atoms with Crippen molar-refractivity contribution >= 4 is 17.2 Å². The number of nitrogens with zero attached hydrogens (tertiary/aromatic N) is 2. The van der Waals surface area contributed by atoms with Crippen LogP contribution in [0, 0.1) is 13.8 Å². The van der Waals surface area contributed by atoms with Gasteiger partial charge in [0.1, 0.15) is 24.0 Å². The summed E-state index contributed by atoms with van der Waals surface area (Å²) >= 11 is 1.57. The average Bonchev–Trinajstić information content (AvgIpc) is 3.29.